The summed E-state index contributed by atoms with van der Waals surface area (Å²) in [6, 6.07) is 16.7. The Bertz CT molecular complexity index is 1070. The molecule has 0 fully saturated rings. The summed E-state index contributed by atoms with van der Waals surface area (Å²) in [7, 11) is 0. The number of carbonyl (C=O) groups is 2. The number of unbranched alkanes of at least 4 members (excludes halogenated alkanes) is 1. The van der Waals surface area contributed by atoms with E-state index in [0.717, 1.165) is 41.9 Å². The van der Waals surface area contributed by atoms with Gasteiger partial charge in [0, 0.05) is 30.5 Å². The number of rotatable bonds is 10. The van der Waals surface area contributed by atoms with Gasteiger partial charge in [-0.2, -0.15) is 0 Å². The van der Waals surface area contributed by atoms with Gasteiger partial charge in [0.05, 0.1) is 11.9 Å². The second-order valence-corrected chi connectivity index (χ2v) is 7.49. The van der Waals surface area contributed by atoms with E-state index in [1.807, 2.05) is 47.0 Å². The lowest BCUT2D eigenvalue weighted by Gasteiger charge is -2.12. The number of benzene rings is 2. The maximum Gasteiger partial charge on any atom is 0.331 e. The minimum Gasteiger partial charge on any atom is -0.478 e. The van der Waals surface area contributed by atoms with Gasteiger partial charge < -0.3 is 15.4 Å². The summed E-state index contributed by atoms with van der Waals surface area (Å²) in [5.41, 5.74) is 8.76. The van der Waals surface area contributed by atoms with Gasteiger partial charge in [-0.05, 0) is 35.8 Å². The summed E-state index contributed by atoms with van der Waals surface area (Å²) < 4.78 is 2.04. The summed E-state index contributed by atoms with van der Waals surface area (Å²) in [5, 5.41) is 9.77. The number of nitrogens with zero attached hydrogens (tertiary/aromatic N) is 2. The summed E-state index contributed by atoms with van der Waals surface area (Å²) in [6.07, 6.45) is 6.62. The van der Waals surface area contributed by atoms with Crippen LogP contribution >= 0.6 is 0 Å². The van der Waals surface area contributed by atoms with Crippen LogP contribution in [0.25, 0.3) is 6.08 Å². The summed E-state index contributed by atoms with van der Waals surface area (Å²) in [5.74, 6) is -0.498. The summed E-state index contributed by atoms with van der Waals surface area (Å²) >= 11 is 0. The highest BCUT2D eigenvalue weighted by molar-refractivity contribution is 5.93. The van der Waals surface area contributed by atoms with Gasteiger partial charge in [-0.25, -0.2) is 9.78 Å². The fraction of sp³-hybridized carbons (Fsp3) is 0.240. The van der Waals surface area contributed by atoms with Crippen LogP contribution in [0.2, 0.25) is 0 Å². The van der Waals surface area contributed by atoms with Gasteiger partial charge in [0.1, 0.15) is 5.82 Å². The molecule has 0 aliphatic carbocycles. The number of carbonyl (C=O) groups excluding carboxylic acids is 1. The van der Waals surface area contributed by atoms with E-state index in [9.17, 15) is 14.7 Å². The van der Waals surface area contributed by atoms with Crippen molar-refractivity contribution in [3.63, 3.8) is 0 Å². The zero-order valence-electron chi connectivity index (χ0n) is 17.6. The lowest BCUT2D eigenvalue weighted by Crippen LogP contribution is -2.12. The predicted octanol–water partition coefficient (Wildman–Crippen LogP) is 4.08. The zero-order chi connectivity index (χ0) is 22.2. The number of hydrogen-bond acceptors (Lipinski definition) is 3. The second-order valence-electron chi connectivity index (χ2n) is 7.49. The smallest absolute Gasteiger partial charge is 0.331 e. The number of primary amides is 1. The highest BCUT2D eigenvalue weighted by Gasteiger charge is 2.14. The molecule has 3 N–H and O–H groups in total. The van der Waals surface area contributed by atoms with E-state index in [0.29, 0.717) is 24.1 Å². The Morgan fingerprint density at radius 1 is 1.06 bits per heavy atom. The third-order valence-corrected chi connectivity index (χ3v) is 5.14. The molecule has 6 heteroatoms. The van der Waals surface area contributed by atoms with Gasteiger partial charge >= 0.3 is 5.97 Å². The minimum absolute atomic E-state index is 0.304. The van der Waals surface area contributed by atoms with Gasteiger partial charge in [-0.1, -0.05) is 55.8 Å². The molecule has 160 valence electrons. The monoisotopic (exact) mass is 417 g/mol. The molecule has 0 bridgehead atoms. The number of hydrogen-bond donors (Lipinski definition) is 2. The molecule has 3 rings (SSSR count). The van der Waals surface area contributed by atoms with Crippen LogP contribution in [0.1, 0.15) is 52.8 Å². The molecule has 0 aliphatic heterocycles. The Hall–Kier alpha value is -3.67. The lowest BCUT2D eigenvalue weighted by atomic mass is 10.0. The van der Waals surface area contributed by atoms with Gasteiger partial charge in [0.15, 0.2) is 0 Å². The van der Waals surface area contributed by atoms with E-state index >= 15 is 0 Å². The molecule has 1 aromatic heterocycles. The fourth-order valence-corrected chi connectivity index (χ4v) is 3.40. The molecule has 0 atom stereocenters. The molecular formula is C25H27N3O3. The number of nitrogens with two attached hydrogens (primary N) is 1. The van der Waals surface area contributed by atoms with Gasteiger partial charge in [-0.15, -0.1) is 0 Å². The average molecular weight is 418 g/mol. The normalized spacial score (nSPS) is 11.5. The quantitative estimate of drug-likeness (QED) is 0.486. The Balaban J connectivity index is 1.94. The van der Waals surface area contributed by atoms with Crippen LogP contribution in [0.15, 0.2) is 66.4 Å². The first-order chi connectivity index (χ1) is 15.0. The lowest BCUT2D eigenvalue weighted by molar-refractivity contribution is -0.132. The number of carboxylic acids is 1. The number of aryl methyl sites for hydroxylation is 1. The summed E-state index contributed by atoms with van der Waals surface area (Å²) in [4.78, 5) is 27.8. The number of carboxylic acid groups (broad SMARTS) is 1. The van der Waals surface area contributed by atoms with Crippen molar-refractivity contribution in [1.82, 2.24) is 9.55 Å². The number of amides is 1. The number of aliphatic carboxylic acids is 1. The van der Waals surface area contributed by atoms with Crippen molar-refractivity contribution in [2.24, 2.45) is 5.73 Å². The van der Waals surface area contributed by atoms with Crippen molar-refractivity contribution in [2.45, 2.75) is 39.2 Å². The van der Waals surface area contributed by atoms with Crippen molar-refractivity contribution in [1.29, 1.82) is 0 Å². The Morgan fingerprint density at radius 3 is 2.39 bits per heavy atom. The molecule has 0 saturated heterocycles. The maximum atomic E-state index is 11.9. The number of aromatic nitrogens is 2. The maximum absolute atomic E-state index is 11.9. The van der Waals surface area contributed by atoms with Crippen molar-refractivity contribution >= 4 is 18.0 Å². The summed E-state index contributed by atoms with van der Waals surface area (Å²) in [6.45, 7) is 2.65. The molecular weight excluding hydrogens is 390 g/mol. The molecule has 0 radical (unpaired) electrons. The Labute approximate surface area is 182 Å². The van der Waals surface area contributed by atoms with Crippen molar-refractivity contribution < 1.29 is 14.7 Å². The average Bonchev–Trinajstić information content (AvgIpc) is 3.14. The van der Waals surface area contributed by atoms with Crippen LogP contribution in [0.5, 0.6) is 0 Å². The largest absolute Gasteiger partial charge is 0.478 e. The van der Waals surface area contributed by atoms with Crippen LogP contribution in [-0.2, 0) is 24.2 Å². The van der Waals surface area contributed by atoms with Crippen molar-refractivity contribution in [3.05, 3.63) is 94.6 Å². The van der Waals surface area contributed by atoms with Crippen LogP contribution in [-0.4, -0.2) is 26.5 Å². The second kappa shape index (κ2) is 10.4. The molecule has 6 nitrogen and oxygen atoms in total. The highest BCUT2D eigenvalue weighted by Crippen LogP contribution is 2.18. The topological polar surface area (TPSA) is 98.2 Å². The molecule has 31 heavy (non-hydrogen) atoms. The van der Waals surface area contributed by atoms with E-state index in [-0.39, 0.29) is 0 Å². The van der Waals surface area contributed by atoms with Crippen LogP contribution in [0.3, 0.4) is 0 Å². The van der Waals surface area contributed by atoms with Crippen molar-refractivity contribution in [3.8, 4) is 0 Å². The number of imidazole rings is 1. The first kappa shape index (κ1) is 22.0. The predicted molar refractivity (Wildman–Crippen MR) is 121 cm³/mol. The van der Waals surface area contributed by atoms with E-state index in [2.05, 4.69) is 11.9 Å². The minimum atomic E-state index is -0.947. The Kier molecular flexibility index (Phi) is 7.38. The molecule has 0 aliphatic rings. The molecule has 0 unspecified atom stereocenters. The van der Waals surface area contributed by atoms with Crippen LogP contribution in [0, 0.1) is 0 Å². The van der Waals surface area contributed by atoms with E-state index in [1.54, 1.807) is 24.4 Å². The third kappa shape index (κ3) is 5.92. The molecule has 0 spiro atoms. The zero-order valence-corrected chi connectivity index (χ0v) is 17.6. The van der Waals surface area contributed by atoms with Gasteiger partial charge in [0.25, 0.3) is 0 Å². The standard InChI is InChI=1S/C25H27N3O3/c1-2-3-9-23-27-16-22(15-21(25(30)31)14-18-7-5-4-6-8-18)28(23)17-19-10-12-20(13-11-19)24(26)29/h4-8,10-13,15-16H,2-3,9,14,17H2,1H3,(H2,26,29)(H,30,31). The van der Waals surface area contributed by atoms with E-state index < -0.39 is 11.9 Å². The van der Waals surface area contributed by atoms with Crippen LogP contribution < -0.4 is 5.73 Å². The fourth-order valence-electron chi connectivity index (χ4n) is 3.40. The SMILES string of the molecule is CCCCc1ncc(C=C(Cc2ccccc2)C(=O)O)n1Cc1ccc(C(N)=O)cc1. The molecule has 2 aromatic carbocycles. The molecule has 0 saturated carbocycles. The third-order valence-electron chi connectivity index (χ3n) is 5.14. The van der Waals surface area contributed by atoms with Gasteiger partial charge in [0.2, 0.25) is 5.91 Å². The van der Waals surface area contributed by atoms with E-state index in [4.69, 9.17) is 5.73 Å². The first-order valence-electron chi connectivity index (χ1n) is 10.4. The van der Waals surface area contributed by atoms with Crippen molar-refractivity contribution in [2.75, 3.05) is 0 Å². The molecule has 1 heterocycles. The van der Waals surface area contributed by atoms with Crippen LogP contribution in [0.4, 0.5) is 0 Å². The van der Waals surface area contributed by atoms with Gasteiger partial charge in [-0.3, -0.25) is 4.79 Å². The molecule has 3 aromatic rings. The first-order valence-corrected chi connectivity index (χ1v) is 10.4. The molecule has 1 amide bonds. The van der Waals surface area contributed by atoms with E-state index in [1.165, 1.54) is 0 Å². The Morgan fingerprint density at radius 2 is 1.77 bits per heavy atom. The highest BCUT2D eigenvalue weighted by atomic mass is 16.4.